The zero-order chi connectivity index (χ0) is 17.0. The zero-order valence-corrected chi connectivity index (χ0v) is 14.0. The molecule has 7 heteroatoms. The van der Waals surface area contributed by atoms with Crippen LogP contribution in [0.1, 0.15) is 4.88 Å². The largest absolute Gasteiger partial charge is 0.280 e. The van der Waals surface area contributed by atoms with Crippen LogP contribution < -0.4 is 4.72 Å². The van der Waals surface area contributed by atoms with Gasteiger partial charge in [0.2, 0.25) is 0 Å². The minimum Gasteiger partial charge on any atom is -0.280 e. The number of halogens is 1. The molecule has 3 aromatic rings. The van der Waals surface area contributed by atoms with E-state index < -0.39 is 15.8 Å². The van der Waals surface area contributed by atoms with Crippen molar-refractivity contribution in [1.29, 1.82) is 0 Å². The van der Waals surface area contributed by atoms with Gasteiger partial charge in [0, 0.05) is 16.8 Å². The molecule has 0 bridgehead atoms. The van der Waals surface area contributed by atoms with Gasteiger partial charge < -0.3 is 0 Å². The lowest BCUT2D eigenvalue weighted by atomic mass is 10.3. The molecule has 0 radical (unpaired) electrons. The van der Waals surface area contributed by atoms with E-state index in [0.717, 1.165) is 4.88 Å². The monoisotopic (exact) mass is 360 g/mol. The van der Waals surface area contributed by atoms with Crippen LogP contribution in [0.2, 0.25) is 0 Å². The van der Waals surface area contributed by atoms with Gasteiger partial charge in [-0.15, -0.1) is 11.3 Å². The molecule has 3 rings (SSSR count). The van der Waals surface area contributed by atoms with E-state index in [4.69, 9.17) is 0 Å². The van der Waals surface area contributed by atoms with Crippen molar-refractivity contribution in [2.75, 3.05) is 4.72 Å². The maximum atomic E-state index is 12.9. The Bertz CT molecular complexity index is 933. The standard InChI is InChI=1S/C17H13FN2O2S2/c18-13-3-5-15(6-4-13)20-24(21,22)17-9-7-14(8-10-17)19-12-16-2-1-11-23-16/h1-12,20H. The second kappa shape index (κ2) is 6.94. The molecule has 1 aromatic heterocycles. The first-order valence-electron chi connectivity index (χ1n) is 6.99. The Balaban J connectivity index is 1.75. The van der Waals surface area contributed by atoms with Crippen molar-refractivity contribution in [3.05, 3.63) is 76.7 Å². The molecule has 0 atom stereocenters. The SMILES string of the molecule is O=S(=O)(Nc1ccc(F)cc1)c1ccc(N=Cc2cccs2)cc1. The Labute approximate surface area is 143 Å². The van der Waals surface area contributed by atoms with Crippen LogP contribution in [0.5, 0.6) is 0 Å². The first kappa shape index (κ1) is 16.4. The fourth-order valence-corrected chi connectivity index (χ4v) is 3.59. The highest BCUT2D eigenvalue weighted by molar-refractivity contribution is 7.92. The summed E-state index contributed by atoms with van der Waals surface area (Å²) < 4.78 is 39.9. The predicted molar refractivity (Wildman–Crippen MR) is 95.2 cm³/mol. The summed E-state index contributed by atoms with van der Waals surface area (Å²) in [5.41, 5.74) is 0.959. The van der Waals surface area contributed by atoms with E-state index in [9.17, 15) is 12.8 Å². The summed E-state index contributed by atoms with van der Waals surface area (Å²) in [4.78, 5) is 5.43. The summed E-state index contributed by atoms with van der Waals surface area (Å²) in [6.45, 7) is 0. The van der Waals surface area contributed by atoms with Crippen molar-refractivity contribution in [2.45, 2.75) is 4.90 Å². The Morgan fingerprint density at radius 3 is 2.33 bits per heavy atom. The fourth-order valence-electron chi connectivity index (χ4n) is 1.95. The minimum atomic E-state index is -3.72. The summed E-state index contributed by atoms with van der Waals surface area (Å²) in [6.07, 6.45) is 1.73. The van der Waals surface area contributed by atoms with Crippen molar-refractivity contribution in [2.24, 2.45) is 4.99 Å². The maximum absolute atomic E-state index is 12.9. The van der Waals surface area contributed by atoms with Crippen LogP contribution in [0.25, 0.3) is 0 Å². The highest BCUT2D eigenvalue weighted by Crippen LogP contribution is 2.20. The van der Waals surface area contributed by atoms with E-state index in [2.05, 4.69) is 9.71 Å². The quantitative estimate of drug-likeness (QED) is 0.684. The van der Waals surface area contributed by atoms with Crippen molar-refractivity contribution < 1.29 is 12.8 Å². The summed E-state index contributed by atoms with van der Waals surface area (Å²) in [5, 5.41) is 1.96. The van der Waals surface area contributed by atoms with Gasteiger partial charge >= 0.3 is 0 Å². The van der Waals surface area contributed by atoms with Gasteiger partial charge in [-0.1, -0.05) is 6.07 Å². The molecule has 4 nitrogen and oxygen atoms in total. The molecule has 0 aliphatic rings. The lowest BCUT2D eigenvalue weighted by molar-refractivity contribution is 0.601. The van der Waals surface area contributed by atoms with Crippen molar-refractivity contribution in [1.82, 2.24) is 0 Å². The molecule has 0 aliphatic carbocycles. The van der Waals surface area contributed by atoms with Crippen LogP contribution >= 0.6 is 11.3 Å². The Kier molecular flexibility index (Phi) is 4.73. The fraction of sp³-hybridized carbons (Fsp3) is 0. The minimum absolute atomic E-state index is 0.113. The van der Waals surface area contributed by atoms with Gasteiger partial charge in [0.1, 0.15) is 5.82 Å². The number of hydrogen-bond donors (Lipinski definition) is 1. The van der Waals surface area contributed by atoms with E-state index in [1.54, 1.807) is 29.7 Å². The molecule has 0 saturated carbocycles. The predicted octanol–water partition coefficient (Wildman–Crippen LogP) is 4.44. The lowest BCUT2D eigenvalue weighted by Gasteiger charge is -2.08. The number of anilines is 1. The average molecular weight is 360 g/mol. The zero-order valence-electron chi connectivity index (χ0n) is 12.4. The van der Waals surface area contributed by atoms with E-state index in [0.29, 0.717) is 11.4 Å². The number of hydrogen-bond acceptors (Lipinski definition) is 4. The highest BCUT2D eigenvalue weighted by Gasteiger charge is 2.13. The molecule has 2 aromatic carbocycles. The summed E-state index contributed by atoms with van der Waals surface area (Å²) in [5.74, 6) is -0.425. The molecule has 24 heavy (non-hydrogen) atoms. The lowest BCUT2D eigenvalue weighted by Crippen LogP contribution is -2.12. The van der Waals surface area contributed by atoms with Crippen molar-refractivity contribution in [3.63, 3.8) is 0 Å². The van der Waals surface area contributed by atoms with Gasteiger partial charge in [-0.2, -0.15) is 0 Å². The number of rotatable bonds is 5. The number of nitrogens with zero attached hydrogens (tertiary/aromatic N) is 1. The number of aliphatic imine (C=N–C) groups is 1. The normalized spacial score (nSPS) is 11.7. The van der Waals surface area contributed by atoms with Crippen LogP contribution in [0.15, 0.2) is 75.9 Å². The van der Waals surface area contributed by atoms with Crippen LogP contribution in [0, 0.1) is 5.82 Å². The molecule has 0 amide bonds. The topological polar surface area (TPSA) is 58.5 Å². The molecule has 0 aliphatic heterocycles. The molecule has 0 unspecified atom stereocenters. The van der Waals surface area contributed by atoms with Crippen LogP contribution in [0.4, 0.5) is 15.8 Å². The average Bonchev–Trinajstić information content (AvgIpc) is 3.09. The Morgan fingerprint density at radius 2 is 1.71 bits per heavy atom. The number of sulfonamides is 1. The molecule has 0 spiro atoms. The third-order valence-corrected chi connectivity index (χ3v) is 5.33. The molecule has 1 heterocycles. The Morgan fingerprint density at radius 1 is 1.00 bits per heavy atom. The van der Waals surface area contributed by atoms with Crippen molar-refractivity contribution in [3.8, 4) is 0 Å². The third kappa shape index (κ3) is 4.06. The van der Waals surface area contributed by atoms with E-state index in [1.807, 2.05) is 17.5 Å². The molecule has 0 fully saturated rings. The smallest absolute Gasteiger partial charge is 0.261 e. The van der Waals surface area contributed by atoms with Crippen LogP contribution in [0.3, 0.4) is 0 Å². The molecule has 0 saturated heterocycles. The van der Waals surface area contributed by atoms with Gasteiger partial charge in [-0.05, 0) is 60.0 Å². The van der Waals surface area contributed by atoms with Gasteiger partial charge in [-0.25, -0.2) is 12.8 Å². The van der Waals surface area contributed by atoms with Gasteiger partial charge in [0.25, 0.3) is 10.0 Å². The van der Waals surface area contributed by atoms with Crippen LogP contribution in [-0.2, 0) is 10.0 Å². The summed E-state index contributed by atoms with van der Waals surface area (Å²) >= 11 is 1.57. The maximum Gasteiger partial charge on any atom is 0.261 e. The van der Waals surface area contributed by atoms with E-state index in [1.165, 1.54) is 36.4 Å². The Hall–Kier alpha value is -2.51. The van der Waals surface area contributed by atoms with Gasteiger partial charge in [-0.3, -0.25) is 9.71 Å². The molecule has 1 N–H and O–H groups in total. The van der Waals surface area contributed by atoms with E-state index in [-0.39, 0.29) is 4.90 Å². The van der Waals surface area contributed by atoms with Gasteiger partial charge in [0.15, 0.2) is 0 Å². The summed E-state index contributed by atoms with van der Waals surface area (Å²) in [7, 11) is -3.72. The number of thiophene rings is 1. The molecular weight excluding hydrogens is 347 g/mol. The first-order chi connectivity index (χ1) is 11.5. The van der Waals surface area contributed by atoms with E-state index >= 15 is 0 Å². The molecule has 122 valence electrons. The molecular formula is C17H13FN2O2S2. The van der Waals surface area contributed by atoms with Crippen LogP contribution in [-0.4, -0.2) is 14.6 Å². The second-order valence-electron chi connectivity index (χ2n) is 4.88. The number of benzene rings is 2. The second-order valence-corrected chi connectivity index (χ2v) is 7.54. The first-order valence-corrected chi connectivity index (χ1v) is 9.35. The third-order valence-electron chi connectivity index (χ3n) is 3.13. The summed E-state index contributed by atoms with van der Waals surface area (Å²) in [6, 6.07) is 15.2. The highest BCUT2D eigenvalue weighted by atomic mass is 32.2. The van der Waals surface area contributed by atoms with Gasteiger partial charge in [0.05, 0.1) is 10.6 Å². The number of nitrogens with one attached hydrogen (secondary N) is 1. The van der Waals surface area contributed by atoms with Crippen molar-refractivity contribution >= 4 is 38.9 Å².